The van der Waals surface area contributed by atoms with Crippen molar-refractivity contribution >= 4 is 17.2 Å². The third-order valence-corrected chi connectivity index (χ3v) is 3.73. The zero-order chi connectivity index (χ0) is 15.1. The van der Waals surface area contributed by atoms with Crippen LogP contribution in [0.2, 0.25) is 0 Å². The summed E-state index contributed by atoms with van der Waals surface area (Å²) in [4.78, 5) is 2.54. The first-order valence-corrected chi connectivity index (χ1v) is 7.68. The summed E-state index contributed by atoms with van der Waals surface area (Å²) in [6, 6.07) is 5.42. The van der Waals surface area contributed by atoms with Crippen LogP contribution in [0.3, 0.4) is 0 Å². The molecule has 0 radical (unpaired) electrons. The first-order chi connectivity index (χ1) is 9.45. The second-order valence-electron chi connectivity index (χ2n) is 5.44. The molecule has 0 fully saturated rings. The zero-order valence-electron chi connectivity index (χ0n) is 12.7. The molecule has 1 aromatic carbocycles. The fourth-order valence-electron chi connectivity index (χ4n) is 2.13. The number of hydrogen-bond donors (Lipinski definition) is 1. The molecule has 2 nitrogen and oxygen atoms in total. The van der Waals surface area contributed by atoms with Gasteiger partial charge in [-0.05, 0) is 32.9 Å². The maximum absolute atomic E-state index is 14.1. The van der Waals surface area contributed by atoms with Crippen LogP contribution in [0.1, 0.15) is 51.2 Å². The molecule has 0 aromatic heterocycles. The Morgan fingerprint density at radius 3 is 2.55 bits per heavy atom. The van der Waals surface area contributed by atoms with E-state index in [-0.39, 0.29) is 10.8 Å². The van der Waals surface area contributed by atoms with Crippen molar-refractivity contribution < 1.29 is 4.39 Å². The monoisotopic (exact) mass is 296 g/mol. The Hall–Kier alpha value is -1.00. The predicted molar refractivity (Wildman–Crippen MR) is 87.4 cm³/mol. The van der Waals surface area contributed by atoms with E-state index in [0.717, 1.165) is 13.0 Å². The number of nitrogens with zero attached hydrogens (tertiary/aromatic N) is 1. The van der Waals surface area contributed by atoms with Gasteiger partial charge in [0, 0.05) is 23.7 Å². The summed E-state index contributed by atoms with van der Waals surface area (Å²) in [5.74, 6) is -0.226. The molecule has 0 unspecified atom stereocenters. The molecule has 2 N–H and O–H groups in total. The molecule has 0 atom stereocenters. The number of unbranched alkanes of at least 4 members (excludes halogenated alkanes) is 2. The van der Waals surface area contributed by atoms with Crippen molar-refractivity contribution in [3.8, 4) is 0 Å². The highest BCUT2D eigenvalue weighted by atomic mass is 32.1. The molecule has 1 rings (SSSR count). The van der Waals surface area contributed by atoms with Crippen molar-refractivity contribution in [3.63, 3.8) is 0 Å². The lowest BCUT2D eigenvalue weighted by Crippen LogP contribution is -2.31. The van der Waals surface area contributed by atoms with Crippen molar-refractivity contribution in [1.29, 1.82) is 0 Å². The van der Waals surface area contributed by atoms with E-state index in [1.807, 2.05) is 0 Å². The highest BCUT2D eigenvalue weighted by Crippen LogP contribution is 2.15. The number of hydrogen-bond acceptors (Lipinski definition) is 2. The summed E-state index contributed by atoms with van der Waals surface area (Å²) < 4.78 is 14.1. The third kappa shape index (κ3) is 5.17. The molecule has 0 amide bonds. The van der Waals surface area contributed by atoms with Gasteiger partial charge < -0.3 is 5.73 Å². The van der Waals surface area contributed by atoms with Gasteiger partial charge in [-0.2, -0.15) is 0 Å². The fourth-order valence-corrected chi connectivity index (χ4v) is 2.26. The van der Waals surface area contributed by atoms with Crippen LogP contribution in [0.4, 0.5) is 4.39 Å². The minimum Gasteiger partial charge on any atom is -0.389 e. The quantitative estimate of drug-likeness (QED) is 0.583. The topological polar surface area (TPSA) is 29.3 Å². The molecule has 0 bridgehead atoms. The van der Waals surface area contributed by atoms with E-state index in [0.29, 0.717) is 23.7 Å². The Labute approximate surface area is 127 Å². The highest BCUT2D eigenvalue weighted by Gasteiger charge is 2.13. The Balaban J connectivity index is 2.75. The molecule has 1 aromatic rings. The lowest BCUT2D eigenvalue weighted by molar-refractivity contribution is 0.206. The van der Waals surface area contributed by atoms with Gasteiger partial charge >= 0.3 is 0 Å². The molecule has 0 saturated carbocycles. The second kappa shape index (κ2) is 8.32. The molecule has 4 heteroatoms. The third-order valence-electron chi connectivity index (χ3n) is 3.49. The van der Waals surface area contributed by atoms with Crippen LogP contribution >= 0.6 is 12.2 Å². The lowest BCUT2D eigenvalue weighted by atomic mass is 10.1. The summed E-state index contributed by atoms with van der Waals surface area (Å²) in [7, 11) is 0. The van der Waals surface area contributed by atoms with E-state index in [1.54, 1.807) is 12.1 Å². The molecular formula is C16H25FN2S. The molecule has 0 saturated heterocycles. The van der Waals surface area contributed by atoms with Gasteiger partial charge in [0.05, 0.1) is 0 Å². The Morgan fingerprint density at radius 1 is 1.35 bits per heavy atom. The van der Waals surface area contributed by atoms with Crippen LogP contribution in [0.15, 0.2) is 18.2 Å². The molecule has 0 aliphatic carbocycles. The Kier molecular flexibility index (Phi) is 7.10. The standard InChI is InChI=1S/C16H25FN2S/c1-4-5-6-9-19(12(2)3)11-14-8-7-13(16(18)20)10-15(14)17/h7-8,10,12H,4-6,9,11H2,1-3H3,(H2,18,20). The van der Waals surface area contributed by atoms with E-state index in [4.69, 9.17) is 18.0 Å². The first-order valence-electron chi connectivity index (χ1n) is 7.28. The van der Waals surface area contributed by atoms with E-state index in [2.05, 4.69) is 25.7 Å². The zero-order valence-corrected chi connectivity index (χ0v) is 13.5. The minimum absolute atomic E-state index is 0.226. The second-order valence-corrected chi connectivity index (χ2v) is 5.88. The van der Waals surface area contributed by atoms with Crippen molar-refractivity contribution in [3.05, 3.63) is 35.1 Å². The number of nitrogens with two attached hydrogens (primary N) is 1. The van der Waals surface area contributed by atoms with Crippen molar-refractivity contribution in [2.75, 3.05) is 6.54 Å². The van der Waals surface area contributed by atoms with Crippen LogP contribution in [-0.4, -0.2) is 22.5 Å². The van der Waals surface area contributed by atoms with Gasteiger partial charge in [-0.25, -0.2) is 4.39 Å². The average molecular weight is 296 g/mol. The summed E-state index contributed by atoms with van der Waals surface area (Å²) >= 11 is 4.87. The van der Waals surface area contributed by atoms with Crippen molar-refractivity contribution in [1.82, 2.24) is 4.90 Å². The van der Waals surface area contributed by atoms with E-state index in [9.17, 15) is 4.39 Å². The molecule has 20 heavy (non-hydrogen) atoms. The maximum atomic E-state index is 14.1. The predicted octanol–water partition coefficient (Wildman–Crippen LogP) is 3.86. The molecule has 0 heterocycles. The van der Waals surface area contributed by atoms with Crippen LogP contribution in [-0.2, 0) is 6.54 Å². The summed E-state index contributed by atoms with van der Waals surface area (Å²) in [5, 5.41) is 0. The molecule has 0 aliphatic heterocycles. The number of thiocarbonyl (C=S) groups is 1. The number of halogens is 1. The minimum atomic E-state index is -0.226. The van der Waals surface area contributed by atoms with E-state index >= 15 is 0 Å². The maximum Gasteiger partial charge on any atom is 0.128 e. The van der Waals surface area contributed by atoms with E-state index < -0.39 is 0 Å². The van der Waals surface area contributed by atoms with Gasteiger partial charge in [0.2, 0.25) is 0 Å². The Bertz CT molecular complexity index is 446. The van der Waals surface area contributed by atoms with Gasteiger partial charge in [-0.3, -0.25) is 4.90 Å². The first kappa shape index (κ1) is 17.1. The van der Waals surface area contributed by atoms with Gasteiger partial charge in [0.1, 0.15) is 10.8 Å². The molecular weight excluding hydrogens is 271 g/mol. The van der Waals surface area contributed by atoms with Crippen LogP contribution in [0, 0.1) is 5.82 Å². The lowest BCUT2D eigenvalue weighted by Gasteiger charge is -2.26. The van der Waals surface area contributed by atoms with Crippen LogP contribution in [0.5, 0.6) is 0 Å². The highest BCUT2D eigenvalue weighted by molar-refractivity contribution is 7.80. The summed E-state index contributed by atoms with van der Waals surface area (Å²) in [5.41, 5.74) is 6.81. The van der Waals surface area contributed by atoms with Gasteiger partial charge in [0.25, 0.3) is 0 Å². The van der Waals surface area contributed by atoms with Crippen LogP contribution < -0.4 is 5.73 Å². The Morgan fingerprint density at radius 2 is 2.05 bits per heavy atom. The largest absolute Gasteiger partial charge is 0.389 e. The summed E-state index contributed by atoms with van der Waals surface area (Å²) in [6.45, 7) is 8.11. The van der Waals surface area contributed by atoms with Gasteiger partial charge in [-0.1, -0.05) is 44.1 Å². The normalized spacial score (nSPS) is 11.3. The molecule has 0 spiro atoms. The fraction of sp³-hybridized carbons (Fsp3) is 0.562. The SMILES string of the molecule is CCCCCN(Cc1ccc(C(N)=S)cc1F)C(C)C. The summed E-state index contributed by atoms with van der Waals surface area (Å²) in [6.07, 6.45) is 3.57. The number of rotatable bonds is 8. The van der Waals surface area contributed by atoms with E-state index in [1.165, 1.54) is 18.9 Å². The van der Waals surface area contributed by atoms with Gasteiger partial charge in [0.15, 0.2) is 0 Å². The smallest absolute Gasteiger partial charge is 0.128 e. The average Bonchev–Trinajstić information content (AvgIpc) is 2.39. The number of benzene rings is 1. The molecule has 112 valence electrons. The van der Waals surface area contributed by atoms with Crippen molar-refractivity contribution in [2.24, 2.45) is 5.73 Å². The van der Waals surface area contributed by atoms with Crippen LogP contribution in [0.25, 0.3) is 0 Å². The van der Waals surface area contributed by atoms with Gasteiger partial charge in [-0.15, -0.1) is 0 Å². The molecule has 0 aliphatic rings. The van der Waals surface area contributed by atoms with Crippen molar-refractivity contribution in [2.45, 2.75) is 52.6 Å².